The second-order valence-corrected chi connectivity index (χ2v) is 5.43. The molecule has 0 radical (unpaired) electrons. The van der Waals surface area contributed by atoms with E-state index in [2.05, 4.69) is 0 Å². The fourth-order valence-electron chi connectivity index (χ4n) is 3.02. The number of benzene rings is 1. The molecule has 1 amide bonds. The summed E-state index contributed by atoms with van der Waals surface area (Å²) in [5.41, 5.74) is 1.04. The zero-order valence-electron chi connectivity index (χ0n) is 14.3. The standard InChI is InChI=1S/C17H25NO5/c1-5-23-17(19)18-8-6-7-13(18)9-12-10-14(20-2)16(22-4)15(11-12)21-3/h10-11,13H,5-9H2,1-4H3/t13-/m0/s1. The van der Waals surface area contributed by atoms with E-state index >= 15 is 0 Å². The van der Waals surface area contributed by atoms with Gasteiger partial charge in [0.25, 0.3) is 0 Å². The molecule has 1 fully saturated rings. The van der Waals surface area contributed by atoms with E-state index in [0.717, 1.165) is 31.4 Å². The molecule has 0 aromatic heterocycles. The Morgan fingerprint density at radius 3 is 2.35 bits per heavy atom. The van der Waals surface area contributed by atoms with E-state index in [9.17, 15) is 4.79 Å². The SMILES string of the molecule is CCOC(=O)N1CCC[C@H]1Cc1cc(OC)c(OC)c(OC)c1. The van der Waals surface area contributed by atoms with Crippen molar-refractivity contribution in [1.82, 2.24) is 4.90 Å². The van der Waals surface area contributed by atoms with E-state index < -0.39 is 0 Å². The zero-order valence-corrected chi connectivity index (χ0v) is 14.3. The Hall–Kier alpha value is -2.11. The number of rotatable bonds is 6. The Kier molecular flexibility index (Phi) is 5.96. The Balaban J connectivity index is 2.20. The van der Waals surface area contributed by atoms with Gasteiger partial charge in [0.15, 0.2) is 11.5 Å². The van der Waals surface area contributed by atoms with E-state index in [1.54, 1.807) is 21.3 Å². The average molecular weight is 323 g/mol. The van der Waals surface area contributed by atoms with Crippen LogP contribution in [0.5, 0.6) is 17.2 Å². The highest BCUT2D eigenvalue weighted by Gasteiger charge is 2.30. The molecule has 0 spiro atoms. The molecular formula is C17H25NO5. The van der Waals surface area contributed by atoms with E-state index in [-0.39, 0.29) is 12.1 Å². The van der Waals surface area contributed by atoms with E-state index in [4.69, 9.17) is 18.9 Å². The van der Waals surface area contributed by atoms with Gasteiger partial charge < -0.3 is 23.8 Å². The van der Waals surface area contributed by atoms with Crippen molar-refractivity contribution >= 4 is 6.09 Å². The van der Waals surface area contributed by atoms with E-state index in [1.807, 2.05) is 24.0 Å². The maximum Gasteiger partial charge on any atom is 0.410 e. The van der Waals surface area contributed by atoms with Crippen LogP contribution in [0.1, 0.15) is 25.3 Å². The monoisotopic (exact) mass is 323 g/mol. The van der Waals surface area contributed by atoms with Gasteiger partial charge in [-0.25, -0.2) is 4.79 Å². The molecule has 1 aliphatic rings. The second-order valence-electron chi connectivity index (χ2n) is 5.43. The predicted molar refractivity (Wildman–Crippen MR) is 86.6 cm³/mol. The number of likely N-dealkylation sites (tertiary alicyclic amines) is 1. The van der Waals surface area contributed by atoms with Gasteiger partial charge in [-0.3, -0.25) is 0 Å². The van der Waals surface area contributed by atoms with Crippen LogP contribution in [0.2, 0.25) is 0 Å². The molecule has 1 saturated heterocycles. The van der Waals surface area contributed by atoms with Gasteiger partial charge in [-0.2, -0.15) is 0 Å². The van der Waals surface area contributed by atoms with Gasteiger partial charge in [0.05, 0.1) is 27.9 Å². The molecule has 1 aliphatic heterocycles. The van der Waals surface area contributed by atoms with Crippen molar-refractivity contribution in [1.29, 1.82) is 0 Å². The van der Waals surface area contributed by atoms with Gasteiger partial charge in [0.2, 0.25) is 5.75 Å². The number of nitrogens with zero attached hydrogens (tertiary/aromatic N) is 1. The second kappa shape index (κ2) is 7.94. The smallest absolute Gasteiger partial charge is 0.410 e. The number of hydrogen-bond acceptors (Lipinski definition) is 5. The van der Waals surface area contributed by atoms with Crippen molar-refractivity contribution < 1.29 is 23.7 Å². The molecule has 0 unspecified atom stereocenters. The van der Waals surface area contributed by atoms with Crippen LogP contribution in [-0.4, -0.2) is 51.5 Å². The average Bonchev–Trinajstić information content (AvgIpc) is 3.02. The first-order valence-electron chi connectivity index (χ1n) is 7.86. The van der Waals surface area contributed by atoms with Crippen LogP contribution in [0.3, 0.4) is 0 Å². The van der Waals surface area contributed by atoms with Crippen molar-refractivity contribution in [2.24, 2.45) is 0 Å². The fourth-order valence-corrected chi connectivity index (χ4v) is 3.02. The summed E-state index contributed by atoms with van der Waals surface area (Å²) >= 11 is 0. The maximum absolute atomic E-state index is 12.0. The number of ether oxygens (including phenoxy) is 4. The predicted octanol–water partition coefficient (Wildman–Crippen LogP) is 2.88. The summed E-state index contributed by atoms with van der Waals surface area (Å²) in [5.74, 6) is 1.83. The van der Waals surface area contributed by atoms with E-state index in [0.29, 0.717) is 23.9 Å². The molecule has 0 bridgehead atoms. The number of carbonyl (C=O) groups excluding carboxylic acids is 1. The van der Waals surface area contributed by atoms with Gasteiger partial charge in [-0.1, -0.05) is 0 Å². The summed E-state index contributed by atoms with van der Waals surface area (Å²) in [4.78, 5) is 13.8. The zero-order chi connectivity index (χ0) is 16.8. The highest BCUT2D eigenvalue weighted by molar-refractivity contribution is 5.68. The fraction of sp³-hybridized carbons (Fsp3) is 0.588. The van der Waals surface area contributed by atoms with Crippen LogP contribution in [0.4, 0.5) is 4.79 Å². The maximum atomic E-state index is 12.0. The molecule has 0 saturated carbocycles. The Morgan fingerprint density at radius 1 is 1.17 bits per heavy atom. The topological polar surface area (TPSA) is 57.2 Å². The minimum Gasteiger partial charge on any atom is -0.493 e. The lowest BCUT2D eigenvalue weighted by atomic mass is 10.0. The molecule has 128 valence electrons. The first-order valence-corrected chi connectivity index (χ1v) is 7.86. The van der Waals surface area contributed by atoms with Crippen LogP contribution < -0.4 is 14.2 Å². The summed E-state index contributed by atoms with van der Waals surface area (Å²) in [6.07, 6.45) is 2.46. The Morgan fingerprint density at radius 2 is 1.83 bits per heavy atom. The molecule has 2 rings (SSSR count). The Bertz CT molecular complexity index is 521. The highest BCUT2D eigenvalue weighted by atomic mass is 16.6. The third-order valence-corrected chi connectivity index (χ3v) is 4.08. The summed E-state index contributed by atoms with van der Waals surface area (Å²) < 4.78 is 21.3. The molecule has 0 aliphatic carbocycles. The lowest BCUT2D eigenvalue weighted by Crippen LogP contribution is -2.37. The molecule has 0 N–H and O–H groups in total. The number of methoxy groups -OCH3 is 3. The third-order valence-electron chi connectivity index (χ3n) is 4.08. The van der Waals surface area contributed by atoms with Crippen molar-refractivity contribution in [3.63, 3.8) is 0 Å². The van der Waals surface area contributed by atoms with Gasteiger partial charge >= 0.3 is 6.09 Å². The van der Waals surface area contributed by atoms with Gasteiger partial charge in [-0.15, -0.1) is 0 Å². The molecule has 1 heterocycles. The molecular weight excluding hydrogens is 298 g/mol. The van der Waals surface area contributed by atoms with Crippen LogP contribution >= 0.6 is 0 Å². The summed E-state index contributed by atoms with van der Waals surface area (Å²) in [6, 6.07) is 4.00. The molecule has 1 atom stereocenters. The quantitative estimate of drug-likeness (QED) is 0.806. The van der Waals surface area contributed by atoms with Crippen LogP contribution in [-0.2, 0) is 11.2 Å². The van der Waals surface area contributed by atoms with Crippen molar-refractivity contribution in [2.75, 3.05) is 34.5 Å². The lowest BCUT2D eigenvalue weighted by molar-refractivity contribution is 0.103. The van der Waals surface area contributed by atoms with Gasteiger partial charge in [0.1, 0.15) is 0 Å². The third kappa shape index (κ3) is 3.81. The highest BCUT2D eigenvalue weighted by Crippen LogP contribution is 2.39. The normalized spacial score (nSPS) is 17.0. The lowest BCUT2D eigenvalue weighted by Gasteiger charge is -2.24. The molecule has 1 aromatic rings. The molecule has 6 nitrogen and oxygen atoms in total. The summed E-state index contributed by atoms with van der Waals surface area (Å²) in [6.45, 7) is 2.96. The number of amides is 1. The first-order chi connectivity index (χ1) is 11.1. The van der Waals surface area contributed by atoms with Crippen molar-refractivity contribution in [3.8, 4) is 17.2 Å². The summed E-state index contributed by atoms with van der Waals surface area (Å²) in [7, 11) is 4.78. The van der Waals surface area contributed by atoms with Crippen LogP contribution in [0.15, 0.2) is 12.1 Å². The molecule has 6 heteroatoms. The van der Waals surface area contributed by atoms with Crippen molar-refractivity contribution in [3.05, 3.63) is 17.7 Å². The minimum absolute atomic E-state index is 0.136. The van der Waals surface area contributed by atoms with Crippen LogP contribution in [0, 0.1) is 0 Å². The number of carbonyl (C=O) groups is 1. The number of hydrogen-bond donors (Lipinski definition) is 0. The largest absolute Gasteiger partial charge is 0.493 e. The molecule has 23 heavy (non-hydrogen) atoms. The van der Waals surface area contributed by atoms with Gasteiger partial charge in [-0.05, 0) is 43.9 Å². The first kappa shape index (κ1) is 17.2. The van der Waals surface area contributed by atoms with Crippen LogP contribution in [0.25, 0.3) is 0 Å². The van der Waals surface area contributed by atoms with Crippen molar-refractivity contribution in [2.45, 2.75) is 32.2 Å². The Labute approximate surface area is 137 Å². The summed E-state index contributed by atoms with van der Waals surface area (Å²) in [5, 5.41) is 0. The van der Waals surface area contributed by atoms with Gasteiger partial charge in [0, 0.05) is 12.6 Å². The van der Waals surface area contributed by atoms with E-state index in [1.165, 1.54) is 0 Å². The molecule has 1 aromatic carbocycles. The minimum atomic E-state index is -0.234.